The Kier molecular flexibility index (Phi) is 5.25. The fourth-order valence-corrected chi connectivity index (χ4v) is 3.58. The van der Waals surface area contributed by atoms with E-state index in [1.54, 1.807) is 0 Å². The van der Waals surface area contributed by atoms with E-state index in [-0.39, 0.29) is 0 Å². The maximum absolute atomic E-state index is 3.73. The maximum Gasteiger partial charge on any atom is 0.0351 e. The van der Waals surface area contributed by atoms with Crippen LogP contribution in [0.5, 0.6) is 0 Å². The first kappa shape index (κ1) is 13.6. The topological polar surface area (TPSA) is 12.0 Å². The van der Waals surface area contributed by atoms with E-state index >= 15 is 0 Å². The van der Waals surface area contributed by atoms with Gasteiger partial charge in [-0.15, -0.1) is 0 Å². The fourth-order valence-electron chi connectivity index (χ4n) is 3.58. The van der Waals surface area contributed by atoms with Gasteiger partial charge in [-0.2, -0.15) is 0 Å². The minimum Gasteiger partial charge on any atom is -0.310 e. The summed E-state index contributed by atoms with van der Waals surface area (Å²) in [4.78, 5) is 0. The molecule has 1 N–H and O–H groups in total. The van der Waals surface area contributed by atoms with Crippen LogP contribution in [0, 0.1) is 11.8 Å². The molecular weight excluding hydrogens is 218 g/mol. The highest BCUT2D eigenvalue weighted by atomic mass is 14.9. The van der Waals surface area contributed by atoms with Crippen LogP contribution in [-0.4, -0.2) is 6.54 Å². The van der Waals surface area contributed by atoms with Crippen molar-refractivity contribution in [2.45, 2.75) is 52.0 Å². The Balaban J connectivity index is 2.18. The van der Waals surface area contributed by atoms with Crippen molar-refractivity contribution in [2.24, 2.45) is 11.8 Å². The lowest BCUT2D eigenvalue weighted by atomic mass is 9.72. The van der Waals surface area contributed by atoms with Crippen molar-refractivity contribution in [2.75, 3.05) is 6.54 Å². The molecule has 1 heteroatoms. The molecule has 3 atom stereocenters. The van der Waals surface area contributed by atoms with Gasteiger partial charge >= 0.3 is 0 Å². The summed E-state index contributed by atoms with van der Waals surface area (Å²) in [5.74, 6) is 1.73. The van der Waals surface area contributed by atoms with Crippen LogP contribution in [0.15, 0.2) is 30.3 Å². The summed E-state index contributed by atoms with van der Waals surface area (Å²) in [5, 5.41) is 3.73. The smallest absolute Gasteiger partial charge is 0.0351 e. The van der Waals surface area contributed by atoms with Gasteiger partial charge in [0, 0.05) is 6.04 Å². The van der Waals surface area contributed by atoms with Crippen LogP contribution in [0.1, 0.15) is 57.6 Å². The number of hydrogen-bond donors (Lipinski definition) is 1. The number of benzene rings is 1. The molecule has 0 heterocycles. The monoisotopic (exact) mass is 245 g/mol. The van der Waals surface area contributed by atoms with Gasteiger partial charge in [0.05, 0.1) is 0 Å². The Morgan fingerprint density at radius 3 is 2.50 bits per heavy atom. The van der Waals surface area contributed by atoms with Crippen molar-refractivity contribution in [1.29, 1.82) is 0 Å². The van der Waals surface area contributed by atoms with Gasteiger partial charge in [-0.25, -0.2) is 0 Å². The normalized spacial score (nSPS) is 25.9. The molecule has 0 saturated heterocycles. The molecule has 0 amide bonds. The summed E-state index contributed by atoms with van der Waals surface area (Å²) < 4.78 is 0. The highest BCUT2D eigenvalue weighted by Gasteiger charge is 2.30. The molecule has 1 aromatic carbocycles. The van der Waals surface area contributed by atoms with Crippen LogP contribution in [0.2, 0.25) is 0 Å². The third kappa shape index (κ3) is 3.14. The van der Waals surface area contributed by atoms with E-state index in [9.17, 15) is 0 Å². The molecule has 1 nitrogen and oxygen atoms in total. The van der Waals surface area contributed by atoms with Crippen LogP contribution in [-0.2, 0) is 0 Å². The second kappa shape index (κ2) is 6.94. The van der Waals surface area contributed by atoms with Gasteiger partial charge in [0.1, 0.15) is 0 Å². The number of nitrogens with one attached hydrogen (secondary N) is 1. The van der Waals surface area contributed by atoms with Crippen LogP contribution >= 0.6 is 0 Å². The lowest BCUT2D eigenvalue weighted by Crippen LogP contribution is -2.34. The Bertz CT molecular complexity index is 333. The standard InChI is InChI=1S/C17H27N/c1-3-14-10-8-9-13-16(14)17(18-4-2)15-11-6-5-7-12-15/h5-7,11-12,14,16-18H,3-4,8-10,13H2,1-2H3. The van der Waals surface area contributed by atoms with Gasteiger partial charge in [0.2, 0.25) is 0 Å². The Morgan fingerprint density at radius 2 is 1.83 bits per heavy atom. The van der Waals surface area contributed by atoms with Crippen molar-refractivity contribution < 1.29 is 0 Å². The van der Waals surface area contributed by atoms with Crippen molar-refractivity contribution in [3.63, 3.8) is 0 Å². The first-order valence-corrected chi connectivity index (χ1v) is 7.65. The largest absolute Gasteiger partial charge is 0.310 e. The summed E-state index contributed by atoms with van der Waals surface area (Å²) >= 11 is 0. The lowest BCUT2D eigenvalue weighted by Gasteiger charge is -2.37. The summed E-state index contributed by atoms with van der Waals surface area (Å²) in [6, 6.07) is 11.6. The predicted octanol–water partition coefficient (Wildman–Crippen LogP) is 4.55. The van der Waals surface area contributed by atoms with E-state index in [1.807, 2.05) is 0 Å². The highest BCUT2D eigenvalue weighted by Crippen LogP contribution is 2.40. The molecule has 0 aromatic heterocycles. The molecule has 2 rings (SSSR count). The molecule has 0 bridgehead atoms. The second-order valence-electron chi connectivity index (χ2n) is 5.56. The summed E-state index contributed by atoms with van der Waals surface area (Å²) in [6.45, 7) is 5.64. The quantitative estimate of drug-likeness (QED) is 0.802. The summed E-state index contributed by atoms with van der Waals surface area (Å²) in [5.41, 5.74) is 1.48. The van der Waals surface area contributed by atoms with Crippen molar-refractivity contribution >= 4 is 0 Å². The van der Waals surface area contributed by atoms with Crippen molar-refractivity contribution in [3.8, 4) is 0 Å². The van der Waals surface area contributed by atoms with Crippen LogP contribution in [0.3, 0.4) is 0 Å². The fraction of sp³-hybridized carbons (Fsp3) is 0.647. The third-order valence-corrected chi connectivity index (χ3v) is 4.50. The Hall–Kier alpha value is -0.820. The van der Waals surface area contributed by atoms with Crippen LogP contribution in [0.4, 0.5) is 0 Å². The molecule has 1 fully saturated rings. The molecule has 18 heavy (non-hydrogen) atoms. The highest BCUT2D eigenvalue weighted by molar-refractivity contribution is 5.20. The van der Waals surface area contributed by atoms with Gasteiger partial charge in [0.15, 0.2) is 0 Å². The average molecular weight is 245 g/mol. The molecule has 100 valence electrons. The van der Waals surface area contributed by atoms with Gasteiger partial charge < -0.3 is 5.32 Å². The van der Waals surface area contributed by atoms with E-state index in [0.717, 1.165) is 18.4 Å². The first-order chi connectivity index (χ1) is 8.86. The Labute approximate surface area is 112 Å². The molecule has 0 radical (unpaired) electrons. The minimum absolute atomic E-state index is 0.557. The predicted molar refractivity (Wildman–Crippen MR) is 78.6 cm³/mol. The molecule has 1 saturated carbocycles. The number of rotatable bonds is 5. The molecule has 3 unspecified atom stereocenters. The SMILES string of the molecule is CCNC(c1ccccc1)C1CCCCC1CC. The van der Waals surface area contributed by atoms with Gasteiger partial charge in [-0.3, -0.25) is 0 Å². The van der Waals surface area contributed by atoms with E-state index in [0.29, 0.717) is 6.04 Å². The van der Waals surface area contributed by atoms with Gasteiger partial charge in [-0.05, 0) is 30.4 Å². The average Bonchev–Trinajstić information content (AvgIpc) is 2.46. The maximum atomic E-state index is 3.73. The van der Waals surface area contributed by atoms with Crippen LogP contribution in [0.25, 0.3) is 0 Å². The first-order valence-electron chi connectivity index (χ1n) is 7.65. The van der Waals surface area contributed by atoms with Gasteiger partial charge in [-0.1, -0.05) is 69.9 Å². The summed E-state index contributed by atoms with van der Waals surface area (Å²) in [6.07, 6.45) is 7.00. The van der Waals surface area contributed by atoms with E-state index in [4.69, 9.17) is 0 Å². The molecule has 0 aliphatic heterocycles. The van der Waals surface area contributed by atoms with E-state index in [2.05, 4.69) is 49.5 Å². The van der Waals surface area contributed by atoms with Crippen molar-refractivity contribution in [3.05, 3.63) is 35.9 Å². The molecular formula is C17H27N. The van der Waals surface area contributed by atoms with Crippen LogP contribution < -0.4 is 5.32 Å². The molecule has 1 aliphatic rings. The Morgan fingerprint density at radius 1 is 1.11 bits per heavy atom. The third-order valence-electron chi connectivity index (χ3n) is 4.50. The molecule has 1 aliphatic carbocycles. The zero-order valence-electron chi connectivity index (χ0n) is 11.9. The zero-order chi connectivity index (χ0) is 12.8. The molecule has 1 aromatic rings. The lowest BCUT2D eigenvalue weighted by molar-refractivity contribution is 0.177. The second-order valence-corrected chi connectivity index (χ2v) is 5.56. The molecule has 0 spiro atoms. The minimum atomic E-state index is 0.557. The number of hydrogen-bond acceptors (Lipinski definition) is 1. The van der Waals surface area contributed by atoms with Gasteiger partial charge in [0.25, 0.3) is 0 Å². The van der Waals surface area contributed by atoms with E-state index in [1.165, 1.54) is 37.7 Å². The van der Waals surface area contributed by atoms with Crippen molar-refractivity contribution in [1.82, 2.24) is 5.32 Å². The summed E-state index contributed by atoms with van der Waals surface area (Å²) in [7, 11) is 0. The van der Waals surface area contributed by atoms with E-state index < -0.39 is 0 Å². The zero-order valence-corrected chi connectivity index (χ0v) is 11.9.